The number of fused-ring (bicyclic) bond motifs is 1. The molecule has 4 bridgehead atoms. The molecule has 0 aromatic rings. The van der Waals surface area contributed by atoms with Crippen LogP contribution in [-0.2, 0) is 14.3 Å². The molecule has 174 valence electrons. The fourth-order valence-electron chi connectivity index (χ4n) is 8.56. The number of nitrogens with two attached hydrogens (primary N) is 1. The molecule has 32 heavy (non-hydrogen) atoms. The number of piperidine rings is 1. The SMILES string of the molecule is N#C[C@@H]1CC2CC2N1C(=O)[C@@H](N)C12CC3C[C@H](CC(OC(=O)[C@@H]4CCCCCN4)(C3)C1)C2. The van der Waals surface area contributed by atoms with Crippen molar-refractivity contribution in [3.05, 3.63) is 0 Å². The second-order valence-electron chi connectivity index (χ2n) is 12.0. The molecule has 1 amide bonds. The molecule has 2 saturated heterocycles. The van der Waals surface area contributed by atoms with Gasteiger partial charge < -0.3 is 20.7 Å². The van der Waals surface area contributed by atoms with E-state index in [0.717, 1.165) is 70.8 Å². The van der Waals surface area contributed by atoms with Gasteiger partial charge in [-0.15, -0.1) is 0 Å². The lowest BCUT2D eigenvalue weighted by atomic mass is 9.46. The number of nitrogens with zero attached hydrogens (tertiary/aromatic N) is 2. The molecule has 7 heteroatoms. The largest absolute Gasteiger partial charge is 0.458 e. The molecule has 0 spiro atoms. The van der Waals surface area contributed by atoms with Gasteiger partial charge in [-0.1, -0.05) is 12.8 Å². The summed E-state index contributed by atoms with van der Waals surface area (Å²) in [6, 6.07) is 1.43. The van der Waals surface area contributed by atoms with E-state index in [4.69, 9.17) is 10.5 Å². The van der Waals surface area contributed by atoms with Crippen LogP contribution in [0, 0.1) is 34.5 Å². The van der Waals surface area contributed by atoms with Gasteiger partial charge in [-0.25, -0.2) is 0 Å². The fraction of sp³-hybridized carbons (Fsp3) is 0.880. The van der Waals surface area contributed by atoms with Crippen LogP contribution < -0.4 is 11.1 Å². The number of nitrogens with one attached hydrogen (secondary N) is 1. The van der Waals surface area contributed by atoms with Crippen LogP contribution in [-0.4, -0.2) is 53.1 Å². The Morgan fingerprint density at radius 1 is 1.09 bits per heavy atom. The molecule has 7 fully saturated rings. The topological polar surface area (TPSA) is 108 Å². The van der Waals surface area contributed by atoms with Crippen LogP contribution in [0.2, 0.25) is 0 Å². The summed E-state index contributed by atoms with van der Waals surface area (Å²) >= 11 is 0. The normalized spacial score (nSPS) is 47.3. The molecule has 7 aliphatic rings. The van der Waals surface area contributed by atoms with Gasteiger partial charge in [-0.2, -0.15) is 5.26 Å². The maximum absolute atomic E-state index is 13.6. The van der Waals surface area contributed by atoms with Crippen LogP contribution in [0.4, 0.5) is 0 Å². The van der Waals surface area contributed by atoms with Crippen LogP contribution in [0.3, 0.4) is 0 Å². The quantitative estimate of drug-likeness (QED) is 0.649. The molecule has 2 heterocycles. The first-order valence-electron chi connectivity index (χ1n) is 12.9. The lowest BCUT2D eigenvalue weighted by molar-refractivity contribution is -0.207. The van der Waals surface area contributed by atoms with Crippen molar-refractivity contribution in [1.82, 2.24) is 10.2 Å². The Morgan fingerprint density at radius 3 is 2.62 bits per heavy atom. The minimum absolute atomic E-state index is 0.0320. The Labute approximate surface area is 190 Å². The average molecular weight is 441 g/mol. The highest BCUT2D eigenvalue weighted by Gasteiger charge is 2.64. The van der Waals surface area contributed by atoms with Crippen molar-refractivity contribution >= 4 is 11.9 Å². The van der Waals surface area contributed by atoms with Gasteiger partial charge in [0.15, 0.2) is 0 Å². The van der Waals surface area contributed by atoms with E-state index in [1.54, 1.807) is 0 Å². The molecule has 7 rings (SSSR count). The maximum atomic E-state index is 13.6. The molecule has 3 N–H and O–H groups in total. The molecular formula is C25H36N4O3. The standard InChI is InChI=1S/C25H36N4O3/c26-13-18-7-17-8-20(17)29(18)22(30)21(27)24-9-15-6-16(10-24)12-25(11-15,14-24)32-23(31)19-4-2-1-3-5-28-19/h15-21,28H,1-12,14,27H2/t15-,16?,17?,18-,19-,20?,21+,24?,25?/m0/s1. The molecule has 5 unspecified atom stereocenters. The van der Waals surface area contributed by atoms with Crippen molar-refractivity contribution in [3.8, 4) is 6.07 Å². The number of rotatable bonds is 4. The number of ether oxygens (including phenoxy) is 1. The zero-order chi connectivity index (χ0) is 22.1. The van der Waals surface area contributed by atoms with Crippen molar-refractivity contribution in [2.45, 2.75) is 107 Å². The molecule has 0 aromatic heterocycles. The predicted octanol–water partition coefficient (Wildman–Crippen LogP) is 2.24. The van der Waals surface area contributed by atoms with E-state index >= 15 is 0 Å². The lowest BCUT2D eigenvalue weighted by Crippen LogP contribution is -2.66. The number of amides is 1. The highest BCUT2D eigenvalue weighted by Crippen LogP contribution is 2.64. The van der Waals surface area contributed by atoms with Crippen LogP contribution in [0.5, 0.6) is 0 Å². The number of esters is 1. The minimum Gasteiger partial charge on any atom is -0.458 e. The van der Waals surface area contributed by atoms with Crippen molar-refractivity contribution in [1.29, 1.82) is 5.26 Å². The van der Waals surface area contributed by atoms with E-state index < -0.39 is 11.6 Å². The Hall–Kier alpha value is -1.65. The van der Waals surface area contributed by atoms with E-state index in [2.05, 4.69) is 11.4 Å². The number of carbonyl (C=O) groups is 2. The van der Waals surface area contributed by atoms with Gasteiger partial charge in [0.05, 0.1) is 12.1 Å². The van der Waals surface area contributed by atoms with Crippen LogP contribution >= 0.6 is 0 Å². The van der Waals surface area contributed by atoms with Gasteiger partial charge >= 0.3 is 5.97 Å². The molecule has 9 atom stereocenters. The molecule has 5 aliphatic carbocycles. The summed E-state index contributed by atoms with van der Waals surface area (Å²) < 4.78 is 6.36. The Morgan fingerprint density at radius 2 is 1.88 bits per heavy atom. The maximum Gasteiger partial charge on any atom is 0.323 e. The molecule has 0 radical (unpaired) electrons. The molecule has 7 nitrogen and oxygen atoms in total. The summed E-state index contributed by atoms with van der Waals surface area (Å²) in [5, 5.41) is 13.0. The Bertz CT molecular complexity index is 831. The van der Waals surface area contributed by atoms with Gasteiger partial charge in [0, 0.05) is 6.04 Å². The first-order chi connectivity index (χ1) is 15.4. The molecule has 5 saturated carbocycles. The number of carbonyl (C=O) groups excluding carboxylic acids is 2. The summed E-state index contributed by atoms with van der Waals surface area (Å²) in [7, 11) is 0. The third-order valence-electron chi connectivity index (χ3n) is 9.65. The van der Waals surface area contributed by atoms with E-state index in [-0.39, 0.29) is 35.4 Å². The Kier molecular flexibility index (Phi) is 4.86. The monoisotopic (exact) mass is 440 g/mol. The number of hydrogen-bond donors (Lipinski definition) is 2. The summed E-state index contributed by atoms with van der Waals surface area (Å²) in [5.74, 6) is 1.31. The predicted molar refractivity (Wildman–Crippen MR) is 117 cm³/mol. The fourth-order valence-corrected chi connectivity index (χ4v) is 8.56. The highest BCUT2D eigenvalue weighted by molar-refractivity contribution is 5.84. The van der Waals surface area contributed by atoms with Gasteiger partial charge in [0.25, 0.3) is 0 Å². The van der Waals surface area contributed by atoms with Crippen molar-refractivity contribution in [3.63, 3.8) is 0 Å². The van der Waals surface area contributed by atoms with E-state index in [9.17, 15) is 14.9 Å². The zero-order valence-corrected chi connectivity index (χ0v) is 18.9. The summed E-state index contributed by atoms with van der Waals surface area (Å²) in [5.41, 5.74) is 6.03. The van der Waals surface area contributed by atoms with Crippen molar-refractivity contribution in [2.75, 3.05) is 6.54 Å². The highest BCUT2D eigenvalue weighted by atomic mass is 16.6. The second-order valence-corrected chi connectivity index (χ2v) is 12.0. The Balaban J connectivity index is 1.22. The van der Waals surface area contributed by atoms with E-state index in [0.29, 0.717) is 24.2 Å². The molecular weight excluding hydrogens is 404 g/mol. The van der Waals surface area contributed by atoms with Gasteiger partial charge in [0.2, 0.25) is 5.91 Å². The third kappa shape index (κ3) is 3.28. The average Bonchev–Trinajstić information content (AvgIpc) is 3.49. The van der Waals surface area contributed by atoms with E-state index in [1.165, 1.54) is 6.42 Å². The third-order valence-corrected chi connectivity index (χ3v) is 9.65. The van der Waals surface area contributed by atoms with Crippen LogP contribution in [0.1, 0.15) is 77.0 Å². The second kappa shape index (κ2) is 7.43. The molecule has 2 aliphatic heterocycles. The van der Waals surface area contributed by atoms with E-state index in [1.807, 2.05) is 4.90 Å². The van der Waals surface area contributed by atoms with Gasteiger partial charge in [-0.05, 0) is 93.9 Å². The molecule has 0 aromatic carbocycles. The number of hydrogen-bond acceptors (Lipinski definition) is 6. The summed E-state index contributed by atoms with van der Waals surface area (Å²) in [4.78, 5) is 28.6. The van der Waals surface area contributed by atoms with Crippen molar-refractivity contribution < 1.29 is 14.3 Å². The summed E-state index contributed by atoms with van der Waals surface area (Å²) in [6.45, 7) is 0.874. The summed E-state index contributed by atoms with van der Waals surface area (Å²) in [6.07, 6.45) is 11.6. The first-order valence-corrected chi connectivity index (χ1v) is 12.9. The minimum atomic E-state index is -0.599. The first kappa shape index (κ1) is 20.9. The van der Waals surface area contributed by atoms with Crippen molar-refractivity contribution in [2.24, 2.45) is 28.9 Å². The number of likely N-dealkylation sites (tertiary alicyclic amines) is 1. The zero-order valence-electron chi connectivity index (χ0n) is 18.9. The van der Waals surface area contributed by atoms with Crippen LogP contribution in [0.25, 0.3) is 0 Å². The lowest BCUT2D eigenvalue weighted by Gasteiger charge is -2.62. The smallest absolute Gasteiger partial charge is 0.323 e. The van der Waals surface area contributed by atoms with Gasteiger partial charge in [-0.3, -0.25) is 9.59 Å². The number of nitriles is 1. The van der Waals surface area contributed by atoms with Crippen LogP contribution in [0.15, 0.2) is 0 Å². The van der Waals surface area contributed by atoms with Gasteiger partial charge in [0.1, 0.15) is 17.7 Å².